The van der Waals surface area contributed by atoms with Crippen molar-refractivity contribution in [2.45, 2.75) is 32.0 Å². The van der Waals surface area contributed by atoms with Crippen molar-refractivity contribution in [3.63, 3.8) is 0 Å². The lowest BCUT2D eigenvalue weighted by Crippen LogP contribution is -2.50. The van der Waals surface area contributed by atoms with Gasteiger partial charge in [-0.25, -0.2) is 9.78 Å². The van der Waals surface area contributed by atoms with Gasteiger partial charge in [-0.1, -0.05) is 25.1 Å². The molecule has 2 aromatic heterocycles. The molecule has 6 nitrogen and oxygen atoms in total. The number of benzene rings is 1. The van der Waals surface area contributed by atoms with Crippen LogP contribution in [0.15, 0.2) is 41.2 Å². The highest BCUT2D eigenvalue weighted by Gasteiger charge is 2.43. The third kappa shape index (κ3) is 1.82. The maximum Gasteiger partial charge on any atom is 0.331 e. The average Bonchev–Trinajstić information content (AvgIpc) is 3.01. The molecule has 0 aliphatic carbocycles. The molecule has 2 aliphatic rings. The number of pyridine rings is 2. The Balaban J connectivity index is 1.81. The average molecular weight is 347 g/mol. The van der Waals surface area contributed by atoms with Crippen molar-refractivity contribution in [1.82, 2.24) is 9.55 Å². The minimum Gasteiger partial charge on any atom is -0.459 e. The predicted molar refractivity (Wildman–Crippen MR) is 96.5 cm³/mol. The van der Waals surface area contributed by atoms with E-state index >= 15 is 0 Å². The van der Waals surface area contributed by atoms with Crippen molar-refractivity contribution in [3.05, 3.63) is 63.4 Å². The topological polar surface area (TPSA) is 87.2 Å². The molecule has 0 spiro atoms. The number of hydrogen-bond acceptors (Lipinski definition) is 5. The van der Waals surface area contributed by atoms with Crippen LogP contribution in [0.1, 0.15) is 30.0 Å². The Kier molecular flexibility index (Phi) is 2.95. The number of fused-ring (bicyclic) bond motifs is 5. The first kappa shape index (κ1) is 15.3. The van der Waals surface area contributed by atoms with Crippen molar-refractivity contribution in [2.24, 2.45) is 5.73 Å². The largest absolute Gasteiger partial charge is 0.459 e. The molecule has 0 saturated carbocycles. The smallest absolute Gasteiger partial charge is 0.331 e. The third-order valence-electron chi connectivity index (χ3n) is 5.52. The molecule has 130 valence electrons. The highest BCUT2D eigenvalue weighted by molar-refractivity contribution is 5.86. The van der Waals surface area contributed by atoms with E-state index < -0.39 is 11.5 Å². The standard InChI is InChI=1S/C20H17N3O3/c1-2-20(21)14-8-16-17-12(7-11-5-3-4-6-15(11)22-17)9-23(16)18(24)13(14)10-26-19(20)25/h3-8H,2,9-10,21H2,1H3/t20-/m1/s1. The number of hydrogen-bond donors (Lipinski definition) is 1. The van der Waals surface area contributed by atoms with Crippen LogP contribution in [0.3, 0.4) is 0 Å². The Bertz CT molecular complexity index is 1160. The molecule has 2 aliphatic heterocycles. The number of cyclic esters (lactones) is 1. The lowest BCUT2D eigenvalue weighted by atomic mass is 9.83. The van der Waals surface area contributed by atoms with E-state index in [9.17, 15) is 9.59 Å². The summed E-state index contributed by atoms with van der Waals surface area (Å²) < 4.78 is 6.90. The van der Waals surface area contributed by atoms with Gasteiger partial charge < -0.3 is 15.0 Å². The van der Waals surface area contributed by atoms with E-state index in [0.29, 0.717) is 29.8 Å². The van der Waals surface area contributed by atoms with Crippen molar-refractivity contribution < 1.29 is 9.53 Å². The Labute approximate surface area is 149 Å². The second kappa shape index (κ2) is 5.02. The Morgan fingerprint density at radius 3 is 2.88 bits per heavy atom. The lowest BCUT2D eigenvalue weighted by molar-refractivity contribution is -0.154. The lowest BCUT2D eigenvalue weighted by Gasteiger charge is -2.32. The zero-order valence-electron chi connectivity index (χ0n) is 14.3. The van der Waals surface area contributed by atoms with E-state index in [1.807, 2.05) is 37.3 Å². The third-order valence-corrected chi connectivity index (χ3v) is 5.52. The fraction of sp³-hybridized carbons (Fsp3) is 0.250. The molecule has 0 unspecified atom stereocenters. The summed E-state index contributed by atoms with van der Waals surface area (Å²) >= 11 is 0. The van der Waals surface area contributed by atoms with Crippen LogP contribution in [0.2, 0.25) is 0 Å². The summed E-state index contributed by atoms with van der Waals surface area (Å²) in [5.74, 6) is -0.485. The van der Waals surface area contributed by atoms with Gasteiger partial charge in [-0.05, 0) is 30.2 Å². The summed E-state index contributed by atoms with van der Waals surface area (Å²) in [6.07, 6.45) is 0.361. The van der Waals surface area contributed by atoms with E-state index in [0.717, 1.165) is 22.2 Å². The normalized spacial score (nSPS) is 20.5. The fourth-order valence-electron chi connectivity index (χ4n) is 3.96. The van der Waals surface area contributed by atoms with E-state index in [1.165, 1.54) is 0 Å². The van der Waals surface area contributed by atoms with Crippen LogP contribution in [0.25, 0.3) is 22.3 Å². The molecular formula is C20H17N3O3. The van der Waals surface area contributed by atoms with Gasteiger partial charge in [-0.2, -0.15) is 0 Å². The first-order valence-corrected chi connectivity index (χ1v) is 8.65. The number of para-hydroxylation sites is 1. The van der Waals surface area contributed by atoms with Crippen LogP contribution >= 0.6 is 0 Å². The zero-order chi connectivity index (χ0) is 18.1. The van der Waals surface area contributed by atoms with Gasteiger partial charge in [0.05, 0.1) is 29.0 Å². The molecule has 1 atom stereocenters. The molecule has 0 fully saturated rings. The number of ether oxygens (including phenoxy) is 1. The predicted octanol–water partition coefficient (Wildman–Crippen LogP) is 2.05. The summed E-state index contributed by atoms with van der Waals surface area (Å²) in [4.78, 5) is 30.1. The van der Waals surface area contributed by atoms with Crippen LogP contribution in [0.4, 0.5) is 0 Å². The van der Waals surface area contributed by atoms with Gasteiger partial charge in [0.25, 0.3) is 5.56 Å². The van der Waals surface area contributed by atoms with Crippen molar-refractivity contribution in [2.75, 3.05) is 0 Å². The molecule has 1 aromatic carbocycles. The van der Waals surface area contributed by atoms with Crippen LogP contribution in [0, 0.1) is 0 Å². The van der Waals surface area contributed by atoms with Crippen LogP contribution in [-0.4, -0.2) is 15.5 Å². The molecule has 0 saturated heterocycles. The number of esters is 1. The first-order valence-electron chi connectivity index (χ1n) is 8.65. The van der Waals surface area contributed by atoms with E-state index in [1.54, 1.807) is 4.57 Å². The minimum absolute atomic E-state index is 0.0298. The summed E-state index contributed by atoms with van der Waals surface area (Å²) in [6.45, 7) is 2.26. The second-order valence-corrected chi connectivity index (χ2v) is 6.90. The van der Waals surface area contributed by atoms with Crippen LogP contribution in [-0.2, 0) is 28.2 Å². The van der Waals surface area contributed by atoms with Crippen LogP contribution in [0.5, 0.6) is 0 Å². The number of carbonyl (C=O) groups is 1. The molecule has 5 rings (SSSR count). The summed E-state index contributed by atoms with van der Waals surface area (Å²) in [6, 6.07) is 11.8. The highest BCUT2D eigenvalue weighted by atomic mass is 16.5. The molecular weight excluding hydrogens is 330 g/mol. The van der Waals surface area contributed by atoms with Crippen LogP contribution < -0.4 is 11.3 Å². The van der Waals surface area contributed by atoms with Crippen molar-refractivity contribution in [1.29, 1.82) is 0 Å². The van der Waals surface area contributed by atoms with Gasteiger partial charge in [0.1, 0.15) is 12.1 Å². The molecule has 2 N–H and O–H groups in total. The second-order valence-electron chi connectivity index (χ2n) is 6.90. The molecule has 6 heteroatoms. The van der Waals surface area contributed by atoms with Gasteiger partial charge in [0.15, 0.2) is 0 Å². The van der Waals surface area contributed by atoms with Gasteiger partial charge in [-0.15, -0.1) is 0 Å². The molecule has 0 bridgehead atoms. The van der Waals surface area contributed by atoms with E-state index in [4.69, 9.17) is 15.5 Å². The molecule has 0 radical (unpaired) electrons. The Hall–Kier alpha value is -2.99. The van der Waals surface area contributed by atoms with Gasteiger partial charge in [0.2, 0.25) is 0 Å². The molecule has 0 amide bonds. The monoisotopic (exact) mass is 347 g/mol. The number of aromatic nitrogens is 2. The molecule has 26 heavy (non-hydrogen) atoms. The number of nitrogens with two attached hydrogens (primary N) is 1. The SMILES string of the molecule is CC[C@]1(N)C(=O)OCc2c1cc1n(c2=O)Cc2cc3ccccc3nc2-1. The fourth-order valence-corrected chi connectivity index (χ4v) is 3.96. The summed E-state index contributed by atoms with van der Waals surface area (Å²) in [5, 5.41) is 1.04. The van der Waals surface area contributed by atoms with Crippen molar-refractivity contribution >= 4 is 16.9 Å². The van der Waals surface area contributed by atoms with Crippen molar-refractivity contribution in [3.8, 4) is 11.4 Å². The van der Waals surface area contributed by atoms with Gasteiger partial charge >= 0.3 is 5.97 Å². The Morgan fingerprint density at radius 1 is 1.27 bits per heavy atom. The molecule has 4 heterocycles. The number of rotatable bonds is 1. The molecule has 3 aromatic rings. The number of carbonyl (C=O) groups excluding carboxylic acids is 1. The van der Waals surface area contributed by atoms with E-state index in [-0.39, 0.29) is 12.2 Å². The summed E-state index contributed by atoms with van der Waals surface area (Å²) in [7, 11) is 0. The first-order chi connectivity index (χ1) is 12.5. The Morgan fingerprint density at radius 2 is 2.08 bits per heavy atom. The zero-order valence-corrected chi connectivity index (χ0v) is 14.3. The maximum atomic E-state index is 13.1. The maximum absolute atomic E-state index is 13.1. The van der Waals surface area contributed by atoms with Gasteiger partial charge in [0, 0.05) is 10.9 Å². The summed E-state index contributed by atoms with van der Waals surface area (Å²) in [5.41, 5.74) is 9.29. The quantitative estimate of drug-likeness (QED) is 0.533. The van der Waals surface area contributed by atoms with E-state index in [2.05, 4.69) is 6.07 Å². The minimum atomic E-state index is -1.29. The van der Waals surface area contributed by atoms with Gasteiger partial charge in [-0.3, -0.25) is 4.79 Å². The highest BCUT2D eigenvalue weighted by Crippen LogP contribution is 2.37. The number of nitrogens with zero attached hydrogens (tertiary/aromatic N) is 2.